The van der Waals surface area contributed by atoms with Crippen LogP contribution in [0.3, 0.4) is 0 Å². The van der Waals surface area contributed by atoms with Crippen LogP contribution in [0, 0.1) is 34.0 Å². The Balaban J connectivity index is 0.00000165. The fraction of sp³-hybridized carbons (Fsp3) is 0.866. The van der Waals surface area contributed by atoms with Crippen LogP contribution in [-0.4, -0.2) is 193 Å². The number of hydrogen-bond donors (Lipinski definition) is 1. The molecule has 46 heteroatoms. The van der Waals surface area contributed by atoms with Gasteiger partial charge in [-0.1, -0.05) is 63.1 Å². The Morgan fingerprint density at radius 2 is 0.699 bits per heavy atom. The zero-order chi connectivity index (χ0) is 83.6. The number of aliphatic hydroxyl groups excluding tert-OH is 1. The average molecular weight is 2140 g/mol. The molecule has 658 valence electrons. The van der Waals surface area contributed by atoms with Crippen LogP contribution in [0.4, 0.5) is 52.7 Å². The quantitative estimate of drug-likeness (QED) is 0.00677. The molecule has 113 heavy (non-hydrogen) atoms. The maximum atomic E-state index is 12.9. The molecule has 26 nitrogen and oxygen atoms in total. The van der Waals surface area contributed by atoms with E-state index in [1.54, 1.807) is 69.2 Å². The van der Waals surface area contributed by atoms with Gasteiger partial charge in [-0.15, -0.1) is 0 Å². The number of carbonyl (C=O) groups excluding carboxylic acids is 3. The summed E-state index contributed by atoms with van der Waals surface area (Å²) >= 11 is 2.25. The molecule has 0 bridgehead atoms. The second-order valence-electron chi connectivity index (χ2n) is 31.3. The van der Waals surface area contributed by atoms with Gasteiger partial charge in [-0.2, -0.15) is 86.4 Å². The number of fused-ring (bicyclic) bond motifs is 3. The molecule has 3 N–H and O–H groups in total. The van der Waals surface area contributed by atoms with E-state index in [4.69, 9.17) is 42.6 Å². The number of halogens is 14. The minimum absolute atomic E-state index is 0. The van der Waals surface area contributed by atoms with E-state index in [2.05, 4.69) is 59.1 Å². The summed E-state index contributed by atoms with van der Waals surface area (Å²) in [5.74, 6) is -5.08. The predicted octanol–water partition coefficient (Wildman–Crippen LogP) is 6.99. The number of hydrogen-bond acceptors (Lipinski definition) is 25. The van der Waals surface area contributed by atoms with Crippen LogP contribution >= 0.6 is 22.6 Å². The van der Waals surface area contributed by atoms with E-state index in [9.17, 15) is 106 Å². The van der Waals surface area contributed by atoms with Crippen molar-refractivity contribution in [1.29, 1.82) is 0 Å². The number of aliphatic hydroxyl groups is 1. The smallest absolute Gasteiger partial charge is 1.00 e. The SMILES string of the molecule is C=C(OS(=O)(=O)C(F)(F)F)[C@H](C)C[C@H]1CC[C@@H]2O[C@@H](CCCOC(=O)C(C)(C)C)C[C@]2(CI)O1.C=C(OS(=O)(=O)C(F)(F)F)[C@H](C)C[C@H]1CC[C@@H]2O[C@@H](CCCOC(=O)C(C)(C)C)C[C@]2(CO)O1.C=C(OS(=O)(=O)C(F)(F)F)[C@H](C)C[C@H]1CC[C@@H]2O[C@@H](CCCOC(=O)C(C)(C)C)C[C@]2(COS(=O)(=O)C(F)(F)F)O1.O.[I-].[Na+].[W]. The van der Waals surface area contributed by atoms with Gasteiger partial charge in [0.1, 0.15) is 34.1 Å². The molecule has 0 aromatic rings. The third-order valence-electron chi connectivity index (χ3n) is 18.8. The van der Waals surface area contributed by atoms with E-state index in [0.29, 0.717) is 68.8 Å². The van der Waals surface area contributed by atoms with Crippen molar-refractivity contribution in [3.05, 3.63) is 37.0 Å². The topological polar surface area (TPSA) is 359 Å². The number of ether oxygens (including phenoxy) is 9. The molecule has 0 radical (unpaired) electrons. The summed E-state index contributed by atoms with van der Waals surface area (Å²) in [6, 6.07) is 0. The molecule has 0 unspecified atom stereocenters. The van der Waals surface area contributed by atoms with Crippen molar-refractivity contribution in [1.82, 2.24) is 0 Å². The van der Waals surface area contributed by atoms with Gasteiger partial charge in [-0.25, -0.2) is 0 Å². The molecular weight excluding hydrogens is 2040 g/mol. The molecule has 6 saturated heterocycles. The van der Waals surface area contributed by atoms with E-state index >= 15 is 0 Å². The average Bonchev–Trinajstić information content (AvgIpc) is 1.64. The summed E-state index contributed by atoms with van der Waals surface area (Å²) in [7, 11) is -23.5. The summed E-state index contributed by atoms with van der Waals surface area (Å²) in [5.41, 5.74) is -27.4. The van der Waals surface area contributed by atoms with Crippen LogP contribution in [0.25, 0.3) is 0 Å². The molecule has 0 aromatic carbocycles. The minimum Gasteiger partial charge on any atom is -1.00 e. The van der Waals surface area contributed by atoms with Crippen LogP contribution < -0.4 is 53.5 Å². The molecule has 0 saturated carbocycles. The second kappa shape index (κ2) is 44.2. The molecule has 6 rings (SSSR count). The van der Waals surface area contributed by atoms with Crippen LogP contribution in [-0.2, 0) is 135 Å². The monoisotopic (exact) mass is 2140 g/mol. The Kier molecular flexibility index (Phi) is 43.7. The Hall–Kier alpha value is -1.22. The zero-order valence-electron chi connectivity index (χ0n) is 65.1. The van der Waals surface area contributed by atoms with Crippen molar-refractivity contribution in [2.24, 2.45) is 34.0 Å². The molecule has 6 aliphatic rings. The summed E-state index contributed by atoms with van der Waals surface area (Å²) in [4.78, 5) is 35.7. The number of esters is 3. The van der Waals surface area contributed by atoms with Gasteiger partial charge in [0, 0.05) is 62.5 Å². The second-order valence-corrected chi connectivity index (χ2v) is 38.3. The van der Waals surface area contributed by atoms with Gasteiger partial charge in [0.2, 0.25) is 0 Å². The number of alkyl halides is 13. The first-order valence-corrected chi connectivity index (χ1v) is 42.3. The van der Waals surface area contributed by atoms with Crippen molar-refractivity contribution >= 4 is 81.0 Å². The molecule has 6 fully saturated rings. The summed E-state index contributed by atoms with van der Waals surface area (Å²) in [6.07, 6.45) is 3.51. The normalized spacial score (nSPS) is 27.0. The van der Waals surface area contributed by atoms with Gasteiger partial charge in [0.05, 0.1) is 104 Å². The van der Waals surface area contributed by atoms with Crippen molar-refractivity contribution in [2.45, 2.75) is 292 Å². The summed E-state index contributed by atoms with van der Waals surface area (Å²) in [5, 5.41) is 10.1. The molecule has 0 amide bonds. The fourth-order valence-corrected chi connectivity index (χ4v) is 15.7. The third-order valence-corrected chi connectivity index (χ3v) is 24.1. The largest absolute Gasteiger partial charge is 1.00 e. The Bertz CT molecular complexity index is 3450. The van der Waals surface area contributed by atoms with Gasteiger partial charge in [0.25, 0.3) is 0 Å². The van der Waals surface area contributed by atoms with E-state index in [1.807, 2.05) is 0 Å². The van der Waals surface area contributed by atoms with E-state index in [0.717, 1.165) is 12.8 Å². The first-order valence-electron chi connectivity index (χ1n) is 35.1. The molecular formula is C67H105F12I2NaO26S4W. The van der Waals surface area contributed by atoms with Crippen LogP contribution in [0.5, 0.6) is 0 Å². The van der Waals surface area contributed by atoms with Gasteiger partial charge in [-0.05, 0) is 159 Å². The standard InChI is InChI=1S/C23H34F6O10S2.C22H34F3IO7S.C22H35F3O8S.HI.Na.H2O.W/c1-14(15(2)39-41(33,34)23(27,28)29)11-16-8-9-18-21(38-16,13-36-40(31,32)22(24,25)26)12-17(37-18)7-6-10-35-19(30)20(3,4)5;2*1-14(15(2)33-34(28,29)22(23,24)25)11-16-8-9-18-21(13-26,32-16)12-17(31-18)7-6-10-30-19(27)20(3,4)5;;;;/h14,16-18H,2,6-13H2,1,3-5H3;14,16-18H,2,6-13H2,1,3-5H3;14,16-18,26H,2,6-13H2,1,3-5H3;1H;;1H2;/q;;;;+1;;/p-1/t3*14-,16-,17+,18+,21-;;;;/m111..../s1. The summed E-state index contributed by atoms with van der Waals surface area (Å²) < 4.78 is 313. The Morgan fingerprint density at radius 1 is 0.451 bits per heavy atom. The van der Waals surface area contributed by atoms with Crippen molar-refractivity contribution in [3.8, 4) is 0 Å². The molecule has 0 spiro atoms. The maximum Gasteiger partial charge on any atom is 1.00 e. The van der Waals surface area contributed by atoms with Gasteiger partial charge in [0.15, 0.2) is 0 Å². The van der Waals surface area contributed by atoms with E-state index in [1.165, 1.54) is 13.8 Å². The fourth-order valence-electron chi connectivity index (χ4n) is 12.6. The molecule has 6 heterocycles. The van der Waals surface area contributed by atoms with E-state index in [-0.39, 0.29) is 187 Å². The third kappa shape index (κ3) is 32.5. The Morgan fingerprint density at radius 3 is 0.965 bits per heavy atom. The maximum absolute atomic E-state index is 12.9. The van der Waals surface area contributed by atoms with Crippen molar-refractivity contribution in [2.75, 3.05) is 37.5 Å². The minimum atomic E-state index is -5.99. The Labute approximate surface area is 721 Å². The van der Waals surface area contributed by atoms with Gasteiger partial charge >= 0.3 is 110 Å². The number of carbonyl (C=O) groups is 3. The summed E-state index contributed by atoms with van der Waals surface area (Å²) in [6.45, 7) is 29.3. The first-order chi connectivity index (χ1) is 49.4. The molecule has 6 aliphatic heterocycles. The van der Waals surface area contributed by atoms with E-state index < -0.39 is 168 Å². The number of rotatable bonds is 32. The van der Waals surface area contributed by atoms with Crippen molar-refractivity contribution in [3.63, 3.8) is 0 Å². The molecule has 0 aliphatic carbocycles. The van der Waals surface area contributed by atoms with Crippen molar-refractivity contribution < 1.29 is 245 Å². The van der Waals surface area contributed by atoms with Gasteiger partial charge in [-0.3, -0.25) is 18.6 Å². The van der Waals surface area contributed by atoms with Gasteiger partial charge < -0.3 is 89.7 Å². The zero-order valence-corrected chi connectivity index (χ0v) is 77.6. The van der Waals surface area contributed by atoms with Crippen LogP contribution in [0.15, 0.2) is 37.0 Å². The first kappa shape index (κ1) is 112. The molecule has 0 aromatic heterocycles. The predicted molar refractivity (Wildman–Crippen MR) is 377 cm³/mol. The van der Waals surface area contributed by atoms with Crippen LogP contribution in [0.2, 0.25) is 0 Å². The number of allylic oxidation sites excluding steroid dienone is 3. The molecule has 15 atom stereocenters. The van der Waals surface area contributed by atoms with Crippen LogP contribution in [0.1, 0.15) is 199 Å².